The molecule has 0 spiro atoms. The van der Waals surface area contributed by atoms with Crippen molar-refractivity contribution in [2.24, 2.45) is 5.92 Å². The minimum atomic E-state index is -0.813. The first-order valence-corrected chi connectivity index (χ1v) is 12.2. The molecular weight excluding hydrogens is 484 g/mol. The van der Waals surface area contributed by atoms with Crippen LogP contribution in [0, 0.1) is 12.8 Å². The molecule has 1 atom stereocenters. The summed E-state index contributed by atoms with van der Waals surface area (Å²) in [5.41, 5.74) is 0.0434. The van der Waals surface area contributed by atoms with Crippen molar-refractivity contribution in [3.8, 4) is 5.69 Å². The SMILES string of the molecule is CCOC(=O)[C@@H]1CCCN(C(=O)c2nn(-c3ccc(C)cc3)c(=O)n(Cc3ccccc3Cl)c2=O)C1. The highest BCUT2D eigenvalue weighted by Gasteiger charge is 2.32. The van der Waals surface area contributed by atoms with Crippen molar-refractivity contribution >= 4 is 23.5 Å². The summed E-state index contributed by atoms with van der Waals surface area (Å²) in [5.74, 6) is -1.48. The van der Waals surface area contributed by atoms with Crippen LogP contribution >= 0.6 is 11.6 Å². The van der Waals surface area contributed by atoms with Gasteiger partial charge < -0.3 is 9.64 Å². The van der Waals surface area contributed by atoms with Crippen LogP contribution in [0.1, 0.15) is 41.4 Å². The number of amides is 1. The standard InChI is InChI=1S/C26H27ClN4O5/c1-3-36-25(34)19-8-6-14-29(15-19)23(32)22-24(33)30(16-18-7-4-5-9-21(18)27)26(35)31(28-22)20-12-10-17(2)11-13-20/h4-5,7,9-13,19H,3,6,8,14-16H2,1-2H3/t19-/m1/s1. The molecule has 36 heavy (non-hydrogen) atoms. The van der Waals surface area contributed by atoms with E-state index in [0.717, 1.165) is 14.8 Å². The fraction of sp³-hybridized carbons (Fsp3) is 0.346. The summed E-state index contributed by atoms with van der Waals surface area (Å²) in [6.45, 7) is 4.24. The van der Waals surface area contributed by atoms with Crippen LogP contribution in [0.4, 0.5) is 0 Å². The number of aryl methyl sites for hydroxylation is 1. The Hall–Kier alpha value is -3.72. The van der Waals surface area contributed by atoms with Crippen molar-refractivity contribution in [3.63, 3.8) is 0 Å². The van der Waals surface area contributed by atoms with Gasteiger partial charge in [0.2, 0.25) is 5.69 Å². The number of carbonyl (C=O) groups is 2. The predicted molar refractivity (Wildman–Crippen MR) is 135 cm³/mol. The molecule has 0 saturated carbocycles. The molecule has 1 saturated heterocycles. The van der Waals surface area contributed by atoms with Crippen LogP contribution in [0.5, 0.6) is 0 Å². The van der Waals surface area contributed by atoms with E-state index in [1.165, 1.54) is 4.90 Å². The summed E-state index contributed by atoms with van der Waals surface area (Å²) in [6, 6.07) is 13.9. The summed E-state index contributed by atoms with van der Waals surface area (Å²) < 4.78 is 7.14. The highest BCUT2D eigenvalue weighted by atomic mass is 35.5. The van der Waals surface area contributed by atoms with E-state index in [9.17, 15) is 19.2 Å². The molecule has 0 bridgehead atoms. The monoisotopic (exact) mass is 510 g/mol. The summed E-state index contributed by atoms with van der Waals surface area (Å²) in [5, 5.41) is 4.60. The Labute approximate surface area is 212 Å². The average molecular weight is 511 g/mol. The molecule has 0 radical (unpaired) electrons. The van der Waals surface area contributed by atoms with Gasteiger partial charge in [-0.25, -0.2) is 4.79 Å². The van der Waals surface area contributed by atoms with E-state index in [4.69, 9.17) is 16.3 Å². The van der Waals surface area contributed by atoms with Crippen LogP contribution in [0.2, 0.25) is 5.02 Å². The summed E-state index contributed by atoms with van der Waals surface area (Å²) in [7, 11) is 0. The fourth-order valence-corrected chi connectivity index (χ4v) is 4.40. The lowest BCUT2D eigenvalue weighted by atomic mass is 9.98. The number of ether oxygens (including phenoxy) is 1. The second-order valence-electron chi connectivity index (χ2n) is 8.70. The summed E-state index contributed by atoms with van der Waals surface area (Å²) >= 11 is 6.29. The topological polar surface area (TPSA) is 104 Å². The maximum absolute atomic E-state index is 13.5. The molecule has 0 N–H and O–H groups in total. The van der Waals surface area contributed by atoms with Gasteiger partial charge in [-0.15, -0.1) is 0 Å². The van der Waals surface area contributed by atoms with E-state index in [0.29, 0.717) is 35.7 Å². The van der Waals surface area contributed by atoms with Crippen LogP contribution in [0.3, 0.4) is 0 Å². The van der Waals surface area contributed by atoms with Gasteiger partial charge in [0.1, 0.15) is 0 Å². The molecule has 1 aliphatic rings. The van der Waals surface area contributed by atoms with Gasteiger partial charge in [-0.2, -0.15) is 9.78 Å². The van der Waals surface area contributed by atoms with Gasteiger partial charge in [0, 0.05) is 18.1 Å². The smallest absolute Gasteiger partial charge is 0.352 e. The number of carbonyl (C=O) groups excluding carboxylic acids is 2. The quantitative estimate of drug-likeness (QED) is 0.472. The van der Waals surface area contributed by atoms with Gasteiger partial charge in [-0.3, -0.25) is 19.0 Å². The van der Waals surface area contributed by atoms with Crippen LogP contribution < -0.4 is 11.2 Å². The van der Waals surface area contributed by atoms with Crippen LogP contribution in [0.25, 0.3) is 5.69 Å². The first kappa shape index (κ1) is 25.4. The van der Waals surface area contributed by atoms with Crippen molar-refractivity contribution in [1.29, 1.82) is 0 Å². The molecule has 1 amide bonds. The molecule has 0 unspecified atom stereocenters. The lowest BCUT2D eigenvalue weighted by Crippen LogP contribution is -2.49. The molecule has 2 aromatic carbocycles. The Morgan fingerprint density at radius 1 is 1.11 bits per heavy atom. The van der Waals surface area contributed by atoms with Crippen LogP contribution in [-0.2, 0) is 16.1 Å². The molecule has 2 heterocycles. The largest absolute Gasteiger partial charge is 0.466 e. The van der Waals surface area contributed by atoms with E-state index in [1.807, 2.05) is 19.1 Å². The third-order valence-electron chi connectivity index (χ3n) is 6.16. The maximum atomic E-state index is 13.5. The number of aromatic nitrogens is 3. The average Bonchev–Trinajstić information content (AvgIpc) is 2.88. The third-order valence-corrected chi connectivity index (χ3v) is 6.52. The Morgan fingerprint density at radius 2 is 1.83 bits per heavy atom. The normalized spacial score (nSPS) is 15.5. The third kappa shape index (κ3) is 5.26. The van der Waals surface area contributed by atoms with Gasteiger partial charge in [0.05, 0.1) is 24.8 Å². The number of benzene rings is 2. The van der Waals surface area contributed by atoms with Crippen molar-refractivity contribution < 1.29 is 14.3 Å². The molecular formula is C26H27ClN4O5. The molecule has 4 rings (SSSR count). The zero-order valence-corrected chi connectivity index (χ0v) is 20.9. The zero-order valence-electron chi connectivity index (χ0n) is 20.1. The van der Waals surface area contributed by atoms with Crippen molar-refractivity contribution in [1.82, 2.24) is 19.2 Å². The molecule has 1 aliphatic heterocycles. The Balaban J connectivity index is 1.79. The fourth-order valence-electron chi connectivity index (χ4n) is 4.20. The molecule has 0 aliphatic carbocycles. The lowest BCUT2D eigenvalue weighted by molar-refractivity contribution is -0.149. The number of nitrogens with zero attached hydrogens (tertiary/aromatic N) is 4. The van der Waals surface area contributed by atoms with Crippen molar-refractivity contribution in [2.75, 3.05) is 19.7 Å². The van der Waals surface area contributed by atoms with Gasteiger partial charge in [0.15, 0.2) is 0 Å². The van der Waals surface area contributed by atoms with E-state index in [-0.39, 0.29) is 25.7 Å². The van der Waals surface area contributed by atoms with Gasteiger partial charge >= 0.3 is 11.7 Å². The summed E-state index contributed by atoms with van der Waals surface area (Å²) in [4.78, 5) is 54.1. The number of rotatable bonds is 6. The number of likely N-dealkylation sites (tertiary alicyclic amines) is 1. The maximum Gasteiger partial charge on any atom is 0.352 e. The van der Waals surface area contributed by atoms with E-state index >= 15 is 0 Å². The number of piperidine rings is 1. The number of halogens is 1. The van der Waals surface area contributed by atoms with E-state index in [1.54, 1.807) is 43.3 Å². The Bertz CT molecular complexity index is 1400. The molecule has 3 aromatic rings. The molecule has 10 heteroatoms. The first-order valence-electron chi connectivity index (χ1n) is 11.8. The van der Waals surface area contributed by atoms with Gasteiger partial charge in [0.25, 0.3) is 11.5 Å². The summed E-state index contributed by atoms with van der Waals surface area (Å²) in [6.07, 6.45) is 1.18. The molecule has 1 aromatic heterocycles. The van der Waals surface area contributed by atoms with Gasteiger partial charge in [-0.05, 0) is 50.5 Å². The Morgan fingerprint density at radius 3 is 2.53 bits per heavy atom. The highest BCUT2D eigenvalue weighted by molar-refractivity contribution is 6.31. The van der Waals surface area contributed by atoms with Crippen molar-refractivity contribution in [3.05, 3.63) is 91.2 Å². The number of hydrogen-bond donors (Lipinski definition) is 0. The molecule has 188 valence electrons. The van der Waals surface area contributed by atoms with Crippen LogP contribution in [-0.4, -0.2) is 50.8 Å². The lowest BCUT2D eigenvalue weighted by Gasteiger charge is -2.31. The zero-order chi connectivity index (χ0) is 25.8. The minimum absolute atomic E-state index is 0.118. The van der Waals surface area contributed by atoms with Crippen LogP contribution in [0.15, 0.2) is 58.1 Å². The minimum Gasteiger partial charge on any atom is -0.466 e. The highest BCUT2D eigenvalue weighted by Crippen LogP contribution is 2.19. The number of esters is 1. The van der Waals surface area contributed by atoms with Gasteiger partial charge in [-0.1, -0.05) is 47.5 Å². The Kier molecular flexibility index (Phi) is 7.69. The second kappa shape index (κ2) is 10.9. The predicted octanol–water partition coefficient (Wildman–Crippen LogP) is 2.82. The van der Waals surface area contributed by atoms with E-state index in [2.05, 4.69) is 5.10 Å². The van der Waals surface area contributed by atoms with E-state index < -0.39 is 28.8 Å². The number of hydrogen-bond acceptors (Lipinski definition) is 6. The first-order chi connectivity index (χ1) is 17.3. The van der Waals surface area contributed by atoms with Crippen molar-refractivity contribution in [2.45, 2.75) is 33.2 Å². The molecule has 1 fully saturated rings. The second-order valence-corrected chi connectivity index (χ2v) is 9.11. The molecule has 9 nitrogen and oxygen atoms in total.